The molecule has 0 radical (unpaired) electrons. The molecule has 5 heteroatoms. The Kier molecular flexibility index (Phi) is 5.46. The van der Waals surface area contributed by atoms with Gasteiger partial charge in [-0.05, 0) is 41.3 Å². The molecular weight excluding hydrogens is 321 g/mol. The number of hydrogen-bond donors (Lipinski definition) is 0. The molecular formula is C15H10Cl2F2S. The second kappa shape index (κ2) is 7.11. The first-order valence-electron chi connectivity index (χ1n) is 5.73. The average Bonchev–Trinajstić information content (AvgIpc) is 2.39. The number of halogens is 4. The molecule has 20 heavy (non-hydrogen) atoms. The highest BCUT2D eigenvalue weighted by atomic mass is 35.5. The maximum absolute atomic E-state index is 13.4. The summed E-state index contributed by atoms with van der Waals surface area (Å²) in [6.07, 6.45) is 1.60. The highest BCUT2D eigenvalue weighted by molar-refractivity contribution is 8.01. The molecule has 0 amide bonds. The molecule has 0 saturated heterocycles. The lowest BCUT2D eigenvalue weighted by Gasteiger charge is -2.02. The summed E-state index contributed by atoms with van der Waals surface area (Å²) in [5, 5.41) is 2.94. The van der Waals surface area contributed by atoms with E-state index < -0.39 is 11.6 Å². The third-order valence-electron chi connectivity index (χ3n) is 2.56. The largest absolute Gasteiger partial charge is 0.207 e. The van der Waals surface area contributed by atoms with Crippen LogP contribution in [0, 0.1) is 11.6 Å². The van der Waals surface area contributed by atoms with Crippen LogP contribution in [0.1, 0.15) is 11.1 Å². The third-order valence-corrected chi connectivity index (χ3v) is 3.95. The van der Waals surface area contributed by atoms with E-state index in [0.29, 0.717) is 21.4 Å². The summed E-state index contributed by atoms with van der Waals surface area (Å²) in [6.45, 7) is 0. The predicted molar refractivity (Wildman–Crippen MR) is 83.1 cm³/mol. The molecule has 2 aromatic rings. The van der Waals surface area contributed by atoms with Gasteiger partial charge in [0, 0.05) is 27.4 Å². The SMILES string of the molecule is Fc1ccc(C=CSCc2ccc(Cl)cc2Cl)c(F)c1. The Labute approximate surface area is 130 Å². The van der Waals surface area contributed by atoms with Crippen LogP contribution in [0.15, 0.2) is 41.8 Å². The fourth-order valence-electron chi connectivity index (χ4n) is 1.53. The van der Waals surface area contributed by atoms with Crippen LogP contribution in [0.2, 0.25) is 10.0 Å². The number of hydrogen-bond acceptors (Lipinski definition) is 1. The fraction of sp³-hybridized carbons (Fsp3) is 0.0667. The van der Waals surface area contributed by atoms with Crippen LogP contribution in [0.5, 0.6) is 0 Å². The van der Waals surface area contributed by atoms with E-state index in [1.807, 2.05) is 6.07 Å². The summed E-state index contributed by atoms with van der Waals surface area (Å²) in [5.41, 5.74) is 1.30. The van der Waals surface area contributed by atoms with Crippen molar-refractivity contribution in [3.8, 4) is 0 Å². The van der Waals surface area contributed by atoms with E-state index in [1.165, 1.54) is 23.9 Å². The zero-order chi connectivity index (χ0) is 14.5. The summed E-state index contributed by atoms with van der Waals surface area (Å²) in [4.78, 5) is 0. The van der Waals surface area contributed by atoms with Crippen LogP contribution in [0.25, 0.3) is 6.08 Å². The topological polar surface area (TPSA) is 0 Å². The lowest BCUT2D eigenvalue weighted by atomic mass is 10.2. The summed E-state index contributed by atoms with van der Waals surface area (Å²) in [5.74, 6) is -0.512. The zero-order valence-electron chi connectivity index (χ0n) is 10.2. The second-order valence-electron chi connectivity index (χ2n) is 4.02. The Morgan fingerprint density at radius 1 is 1.05 bits per heavy atom. The van der Waals surface area contributed by atoms with Crippen molar-refractivity contribution < 1.29 is 8.78 Å². The van der Waals surface area contributed by atoms with Crippen molar-refractivity contribution in [2.75, 3.05) is 0 Å². The van der Waals surface area contributed by atoms with Crippen molar-refractivity contribution in [2.24, 2.45) is 0 Å². The second-order valence-corrected chi connectivity index (χ2v) is 5.75. The molecule has 0 saturated carbocycles. The summed E-state index contributed by atoms with van der Waals surface area (Å²) < 4.78 is 26.1. The van der Waals surface area contributed by atoms with Crippen molar-refractivity contribution in [1.29, 1.82) is 0 Å². The van der Waals surface area contributed by atoms with E-state index in [-0.39, 0.29) is 0 Å². The van der Waals surface area contributed by atoms with E-state index in [0.717, 1.165) is 11.6 Å². The van der Waals surface area contributed by atoms with Crippen LogP contribution in [0.4, 0.5) is 8.78 Å². The molecule has 0 nitrogen and oxygen atoms in total. The lowest BCUT2D eigenvalue weighted by molar-refractivity contribution is 0.581. The molecule has 0 aliphatic rings. The Morgan fingerprint density at radius 3 is 2.55 bits per heavy atom. The molecule has 0 spiro atoms. The van der Waals surface area contributed by atoms with Gasteiger partial charge in [0.15, 0.2) is 0 Å². The van der Waals surface area contributed by atoms with Gasteiger partial charge in [0.05, 0.1) is 0 Å². The van der Waals surface area contributed by atoms with Gasteiger partial charge in [-0.1, -0.05) is 29.3 Å². The van der Waals surface area contributed by atoms with E-state index in [4.69, 9.17) is 23.2 Å². The molecule has 0 atom stereocenters. The van der Waals surface area contributed by atoms with Gasteiger partial charge in [0.1, 0.15) is 11.6 Å². The van der Waals surface area contributed by atoms with Gasteiger partial charge < -0.3 is 0 Å². The van der Waals surface area contributed by atoms with E-state index in [1.54, 1.807) is 23.6 Å². The molecule has 0 N–H and O–H groups in total. The van der Waals surface area contributed by atoms with Crippen LogP contribution in [-0.4, -0.2) is 0 Å². The summed E-state index contributed by atoms with van der Waals surface area (Å²) in [6, 6.07) is 8.79. The van der Waals surface area contributed by atoms with Crippen molar-refractivity contribution in [2.45, 2.75) is 5.75 Å². The lowest BCUT2D eigenvalue weighted by Crippen LogP contribution is -1.83. The van der Waals surface area contributed by atoms with Crippen LogP contribution in [-0.2, 0) is 5.75 Å². The maximum atomic E-state index is 13.4. The Balaban J connectivity index is 1.97. The number of benzene rings is 2. The van der Waals surface area contributed by atoms with Gasteiger partial charge >= 0.3 is 0 Å². The van der Waals surface area contributed by atoms with Crippen LogP contribution < -0.4 is 0 Å². The molecule has 0 aliphatic heterocycles. The van der Waals surface area contributed by atoms with Crippen LogP contribution >= 0.6 is 35.0 Å². The van der Waals surface area contributed by atoms with Crippen molar-refractivity contribution in [3.05, 3.63) is 74.6 Å². The highest BCUT2D eigenvalue weighted by Gasteiger charge is 2.02. The molecule has 2 rings (SSSR count). The Bertz CT molecular complexity index is 642. The first kappa shape index (κ1) is 15.4. The molecule has 0 bridgehead atoms. The molecule has 0 heterocycles. The quantitative estimate of drug-likeness (QED) is 0.645. The average molecular weight is 331 g/mol. The summed E-state index contributed by atoms with van der Waals surface area (Å²) in [7, 11) is 0. The van der Waals surface area contributed by atoms with Crippen LogP contribution in [0.3, 0.4) is 0 Å². The predicted octanol–water partition coefficient (Wildman–Crippen LogP) is 6.18. The normalized spacial score (nSPS) is 11.2. The molecule has 0 unspecified atom stereocenters. The Hall–Kier alpha value is -1.03. The molecule has 0 fully saturated rings. The van der Waals surface area contributed by atoms with Gasteiger partial charge in [-0.25, -0.2) is 8.78 Å². The van der Waals surface area contributed by atoms with Gasteiger partial charge in [-0.2, -0.15) is 0 Å². The van der Waals surface area contributed by atoms with Gasteiger partial charge in [0.2, 0.25) is 0 Å². The molecule has 2 aromatic carbocycles. The molecule has 0 aromatic heterocycles. The van der Waals surface area contributed by atoms with E-state index in [2.05, 4.69) is 0 Å². The smallest absolute Gasteiger partial charge is 0.133 e. The van der Waals surface area contributed by atoms with Crippen molar-refractivity contribution >= 4 is 41.0 Å². The van der Waals surface area contributed by atoms with Crippen molar-refractivity contribution in [1.82, 2.24) is 0 Å². The summed E-state index contributed by atoms with van der Waals surface area (Å²) >= 11 is 13.3. The third kappa shape index (κ3) is 4.23. The zero-order valence-corrected chi connectivity index (χ0v) is 12.6. The highest BCUT2D eigenvalue weighted by Crippen LogP contribution is 2.25. The van der Waals surface area contributed by atoms with Crippen molar-refractivity contribution in [3.63, 3.8) is 0 Å². The number of rotatable bonds is 4. The van der Waals surface area contributed by atoms with Gasteiger partial charge in [-0.15, -0.1) is 11.8 Å². The molecule has 0 aliphatic carbocycles. The first-order valence-corrected chi connectivity index (χ1v) is 7.54. The monoisotopic (exact) mass is 330 g/mol. The van der Waals surface area contributed by atoms with Gasteiger partial charge in [0.25, 0.3) is 0 Å². The maximum Gasteiger partial charge on any atom is 0.133 e. The number of thioether (sulfide) groups is 1. The minimum atomic E-state index is -0.583. The minimum Gasteiger partial charge on any atom is -0.207 e. The van der Waals surface area contributed by atoms with Gasteiger partial charge in [-0.3, -0.25) is 0 Å². The Morgan fingerprint density at radius 2 is 1.85 bits per heavy atom. The molecule has 104 valence electrons. The van der Waals surface area contributed by atoms with E-state index in [9.17, 15) is 8.78 Å². The first-order chi connectivity index (χ1) is 9.56. The van der Waals surface area contributed by atoms with E-state index >= 15 is 0 Å². The standard InChI is InChI=1S/C15H10Cl2F2S/c16-12-3-1-11(14(17)7-12)9-20-6-5-10-2-4-13(18)8-15(10)19/h1-8H,9H2. The minimum absolute atomic E-state index is 0.348. The fourth-order valence-corrected chi connectivity index (χ4v) is 2.86.